The Kier molecular flexibility index (Phi) is 7.66. The number of carbonyl (C=O) groups is 1. The van der Waals surface area contributed by atoms with Crippen LogP contribution in [-0.2, 0) is 31.5 Å². The maximum absolute atomic E-state index is 13.1. The highest BCUT2D eigenvalue weighted by atomic mass is 32.2. The number of morpholine rings is 1. The average molecular weight is 602 g/mol. The lowest BCUT2D eigenvalue weighted by Gasteiger charge is -2.36. The number of carbonyl (C=O) groups excluding carboxylic acids is 1. The van der Waals surface area contributed by atoms with Gasteiger partial charge in [-0.2, -0.15) is 0 Å². The number of nitrogens with one attached hydrogen (secondary N) is 1. The molecule has 1 amide bonds. The van der Waals surface area contributed by atoms with Crippen molar-refractivity contribution in [3.8, 4) is 11.4 Å². The minimum absolute atomic E-state index is 0.100. The van der Waals surface area contributed by atoms with Gasteiger partial charge < -0.3 is 19.7 Å². The molecule has 11 heteroatoms. The molecule has 1 N–H and O–H groups in total. The van der Waals surface area contributed by atoms with Gasteiger partial charge in [0, 0.05) is 35.8 Å². The second kappa shape index (κ2) is 11.3. The molecule has 0 bridgehead atoms. The number of benzene rings is 1. The number of fused-ring (bicyclic) bond motifs is 2. The molecule has 0 spiro atoms. The fourth-order valence-electron chi connectivity index (χ4n) is 5.69. The van der Waals surface area contributed by atoms with Crippen LogP contribution in [-0.4, -0.2) is 66.9 Å². The number of hydrogen-bond donors (Lipinski definition) is 1. The summed E-state index contributed by atoms with van der Waals surface area (Å²) >= 11 is 0. The fourth-order valence-corrected chi connectivity index (χ4v) is 7.17. The van der Waals surface area contributed by atoms with E-state index >= 15 is 0 Å². The Morgan fingerprint density at radius 3 is 2.58 bits per heavy atom. The Hall–Kier alpha value is -3.93. The first-order chi connectivity index (χ1) is 20.5. The van der Waals surface area contributed by atoms with Gasteiger partial charge in [-0.05, 0) is 70.2 Å². The van der Waals surface area contributed by atoms with Crippen LogP contribution in [0.4, 0.5) is 5.82 Å². The third-order valence-electron chi connectivity index (χ3n) is 7.84. The van der Waals surface area contributed by atoms with Crippen molar-refractivity contribution in [3.05, 3.63) is 77.6 Å². The Morgan fingerprint density at radius 2 is 1.79 bits per heavy atom. The van der Waals surface area contributed by atoms with Crippen molar-refractivity contribution in [1.29, 1.82) is 0 Å². The maximum Gasteiger partial charge on any atom is 0.251 e. The summed E-state index contributed by atoms with van der Waals surface area (Å²) in [5.74, 6) is 0.370. The lowest BCUT2D eigenvalue weighted by Crippen LogP contribution is -2.45. The summed E-state index contributed by atoms with van der Waals surface area (Å²) in [6, 6.07) is 16.4. The molecule has 0 aliphatic carbocycles. The van der Waals surface area contributed by atoms with E-state index < -0.39 is 21.3 Å². The zero-order chi connectivity index (χ0) is 30.4. The van der Waals surface area contributed by atoms with E-state index in [1.165, 1.54) is 6.07 Å². The van der Waals surface area contributed by atoms with Crippen molar-refractivity contribution in [2.75, 3.05) is 30.3 Å². The molecule has 0 unspecified atom stereocenters. The Bertz CT molecular complexity index is 1800. The molecule has 224 valence electrons. The highest BCUT2D eigenvalue weighted by molar-refractivity contribution is 7.91. The van der Waals surface area contributed by atoms with Gasteiger partial charge in [0.15, 0.2) is 9.84 Å². The Balaban J connectivity index is 1.20. The highest BCUT2D eigenvalue weighted by Gasteiger charge is 2.34. The summed E-state index contributed by atoms with van der Waals surface area (Å²) in [5, 5.41) is 3.73. The van der Waals surface area contributed by atoms with Crippen molar-refractivity contribution in [3.63, 3.8) is 0 Å². The molecule has 43 heavy (non-hydrogen) atoms. The minimum Gasteiger partial charge on any atom is -0.372 e. The monoisotopic (exact) mass is 601 g/mol. The van der Waals surface area contributed by atoms with Crippen molar-refractivity contribution in [2.24, 2.45) is 0 Å². The van der Waals surface area contributed by atoms with Gasteiger partial charge >= 0.3 is 0 Å². The Morgan fingerprint density at radius 1 is 1.02 bits per heavy atom. The Labute approximate surface area is 251 Å². The second-order valence-corrected chi connectivity index (χ2v) is 13.8. The van der Waals surface area contributed by atoms with Crippen molar-refractivity contribution >= 4 is 32.5 Å². The van der Waals surface area contributed by atoms with Crippen LogP contribution < -0.4 is 10.2 Å². The molecule has 1 fully saturated rings. The molecule has 1 aromatic carbocycles. The van der Waals surface area contributed by atoms with Gasteiger partial charge in [0.2, 0.25) is 0 Å². The van der Waals surface area contributed by atoms with E-state index in [0.717, 1.165) is 41.2 Å². The predicted octanol–water partition coefficient (Wildman–Crippen LogP) is 4.27. The van der Waals surface area contributed by atoms with Crippen LogP contribution in [0.25, 0.3) is 22.3 Å². The summed E-state index contributed by atoms with van der Waals surface area (Å²) < 4.78 is 37.4. The predicted molar refractivity (Wildman–Crippen MR) is 164 cm³/mol. The lowest BCUT2D eigenvalue weighted by molar-refractivity contribution is -0.0128. The number of hydrogen-bond acceptors (Lipinski definition) is 9. The quantitative estimate of drug-likeness (QED) is 0.357. The molecule has 0 radical (unpaired) electrons. The summed E-state index contributed by atoms with van der Waals surface area (Å²) in [4.78, 5) is 29.7. The van der Waals surface area contributed by atoms with Gasteiger partial charge in [-0.1, -0.05) is 12.1 Å². The fraction of sp³-hybridized carbons (Fsp3) is 0.375. The molecule has 2 aliphatic heterocycles. The van der Waals surface area contributed by atoms with Gasteiger partial charge in [-0.15, -0.1) is 0 Å². The van der Waals surface area contributed by atoms with Crippen LogP contribution in [0, 0.1) is 0 Å². The molecule has 10 nitrogen and oxygen atoms in total. The number of amides is 1. The number of anilines is 1. The smallest absolute Gasteiger partial charge is 0.251 e. The first-order valence-corrected chi connectivity index (χ1v) is 16.1. The molecule has 2 aliphatic rings. The van der Waals surface area contributed by atoms with Gasteiger partial charge in [-0.25, -0.2) is 18.4 Å². The van der Waals surface area contributed by atoms with E-state index in [-0.39, 0.29) is 41.6 Å². The van der Waals surface area contributed by atoms with Crippen LogP contribution in [0.1, 0.15) is 49.3 Å². The standard InChI is InChI=1S/C32H35N5O5S/c1-20-18-37(19-21(2)42-20)30-7-5-6-26(36-30)27-11-9-23-16-33-24(15-28(23)35-27)17-34-31(38)22-8-10-25-29(14-22)43(39,40)13-12-41-32(25,3)4/h5-11,14-16,20-21H,12-13,17-19H2,1-4H3,(H,34,38)/t20-,21+. The van der Waals surface area contributed by atoms with Gasteiger partial charge in [0.05, 0.1) is 64.2 Å². The van der Waals surface area contributed by atoms with Gasteiger partial charge in [-0.3, -0.25) is 9.78 Å². The zero-order valence-electron chi connectivity index (χ0n) is 24.7. The maximum atomic E-state index is 13.1. The van der Waals surface area contributed by atoms with Crippen LogP contribution >= 0.6 is 0 Å². The molecular weight excluding hydrogens is 566 g/mol. The first-order valence-electron chi connectivity index (χ1n) is 14.4. The van der Waals surface area contributed by atoms with E-state index in [2.05, 4.69) is 29.0 Å². The molecule has 4 aromatic rings. The minimum atomic E-state index is -3.58. The van der Waals surface area contributed by atoms with Gasteiger partial charge in [0.1, 0.15) is 5.82 Å². The van der Waals surface area contributed by atoms with E-state index in [1.807, 2.05) is 50.2 Å². The van der Waals surface area contributed by atoms with Crippen LogP contribution in [0.3, 0.4) is 0 Å². The summed E-state index contributed by atoms with van der Waals surface area (Å²) in [7, 11) is -3.58. The number of sulfone groups is 1. The molecule has 0 saturated carbocycles. The largest absolute Gasteiger partial charge is 0.372 e. The van der Waals surface area contributed by atoms with E-state index in [1.54, 1.807) is 18.3 Å². The topological polar surface area (TPSA) is 124 Å². The number of ether oxygens (including phenoxy) is 2. The van der Waals surface area contributed by atoms with Crippen LogP contribution in [0.15, 0.2) is 65.7 Å². The average Bonchev–Trinajstić information content (AvgIpc) is 3.07. The lowest BCUT2D eigenvalue weighted by atomic mass is 9.96. The van der Waals surface area contributed by atoms with Crippen molar-refractivity contribution < 1.29 is 22.7 Å². The number of nitrogens with zero attached hydrogens (tertiary/aromatic N) is 4. The van der Waals surface area contributed by atoms with Crippen molar-refractivity contribution in [1.82, 2.24) is 20.3 Å². The number of aromatic nitrogens is 3. The van der Waals surface area contributed by atoms with Crippen LogP contribution in [0.2, 0.25) is 0 Å². The second-order valence-electron chi connectivity index (χ2n) is 11.7. The van der Waals surface area contributed by atoms with Gasteiger partial charge in [0.25, 0.3) is 5.91 Å². The third-order valence-corrected chi connectivity index (χ3v) is 9.56. The van der Waals surface area contributed by atoms with E-state index in [0.29, 0.717) is 11.3 Å². The van der Waals surface area contributed by atoms with Crippen LogP contribution in [0.5, 0.6) is 0 Å². The normalized spacial score (nSPS) is 21.2. The molecule has 5 heterocycles. The molecule has 2 atom stereocenters. The summed E-state index contributed by atoms with van der Waals surface area (Å²) in [6.45, 7) is 9.60. The van der Waals surface area contributed by atoms with E-state index in [9.17, 15) is 13.2 Å². The zero-order valence-corrected chi connectivity index (χ0v) is 25.5. The molecule has 3 aromatic heterocycles. The molecular formula is C32H35N5O5S. The SMILES string of the molecule is C[C@@H]1CN(c2cccc(-c3ccc4cnc(CNC(=O)c5ccc6c(c5)S(=O)(=O)CCOC6(C)C)cc4n3)n2)C[C@H](C)O1. The third kappa shape index (κ3) is 6.11. The molecule has 6 rings (SSSR count). The number of rotatable bonds is 5. The van der Waals surface area contributed by atoms with E-state index in [4.69, 9.17) is 19.4 Å². The summed E-state index contributed by atoms with van der Waals surface area (Å²) in [5.41, 5.74) is 2.90. The number of pyridine rings is 3. The highest BCUT2D eigenvalue weighted by Crippen LogP contribution is 2.34. The molecule has 1 saturated heterocycles. The van der Waals surface area contributed by atoms with Crippen molar-refractivity contribution in [2.45, 2.75) is 56.9 Å². The summed E-state index contributed by atoms with van der Waals surface area (Å²) in [6.07, 6.45) is 1.99. The first kappa shape index (κ1) is 29.2.